The van der Waals surface area contributed by atoms with Gasteiger partial charge in [0, 0.05) is 12.5 Å². The van der Waals surface area contributed by atoms with Gasteiger partial charge in [-0.1, -0.05) is 18.2 Å². The highest BCUT2D eigenvalue weighted by Gasteiger charge is 2.17. The zero-order chi connectivity index (χ0) is 21.7. The van der Waals surface area contributed by atoms with Crippen molar-refractivity contribution < 1.29 is 28.2 Å². The molecule has 1 aromatic heterocycles. The molecule has 156 valence electrons. The van der Waals surface area contributed by atoms with Crippen LogP contribution in [-0.2, 0) is 11.4 Å². The van der Waals surface area contributed by atoms with Crippen LogP contribution in [0.15, 0.2) is 55.4 Å². The first-order valence-corrected chi connectivity index (χ1v) is 10.1. The second kappa shape index (κ2) is 9.77. The summed E-state index contributed by atoms with van der Waals surface area (Å²) in [6.07, 6.45) is 1.44. The van der Waals surface area contributed by atoms with Gasteiger partial charge >= 0.3 is 5.97 Å². The maximum absolute atomic E-state index is 13.8. The van der Waals surface area contributed by atoms with Crippen LogP contribution in [0.1, 0.15) is 17.0 Å². The molecule has 0 atom stereocenters. The maximum Gasteiger partial charge on any atom is 0.342 e. The van der Waals surface area contributed by atoms with E-state index in [1.54, 1.807) is 37.3 Å². The first kappa shape index (κ1) is 21.8. The summed E-state index contributed by atoms with van der Waals surface area (Å²) in [5.74, 6) is -0.453. The van der Waals surface area contributed by atoms with E-state index in [0.29, 0.717) is 33.0 Å². The van der Waals surface area contributed by atoms with E-state index in [9.17, 15) is 14.3 Å². The molecular formula is C20H16BrFN2O5S. The summed E-state index contributed by atoms with van der Waals surface area (Å²) in [6, 6.07) is 9.59. The second-order valence-electron chi connectivity index (χ2n) is 5.92. The number of hydrogen-bond donors (Lipinski definition) is 1. The van der Waals surface area contributed by atoms with Gasteiger partial charge in [0.1, 0.15) is 17.3 Å². The van der Waals surface area contributed by atoms with Crippen LogP contribution >= 0.6 is 27.7 Å². The molecule has 1 heterocycles. The summed E-state index contributed by atoms with van der Waals surface area (Å²) in [4.78, 5) is 11.6. The van der Waals surface area contributed by atoms with E-state index in [4.69, 9.17) is 13.9 Å². The summed E-state index contributed by atoms with van der Waals surface area (Å²) < 4.78 is 30.7. The van der Waals surface area contributed by atoms with Crippen LogP contribution in [0.4, 0.5) is 4.39 Å². The number of methoxy groups -OCH3 is 1. The Morgan fingerprint density at radius 1 is 1.33 bits per heavy atom. The lowest BCUT2D eigenvalue weighted by molar-refractivity contribution is -0.131. The summed E-state index contributed by atoms with van der Waals surface area (Å²) in [7, 11) is 1.46. The highest BCUT2D eigenvalue weighted by atomic mass is 79.9. The van der Waals surface area contributed by atoms with Crippen molar-refractivity contribution in [3.8, 4) is 11.5 Å². The molecule has 0 unspecified atom stereocenters. The van der Waals surface area contributed by atoms with Gasteiger partial charge < -0.3 is 19.0 Å². The number of aryl methyl sites for hydroxylation is 1. The van der Waals surface area contributed by atoms with Crippen LogP contribution in [0.3, 0.4) is 0 Å². The molecule has 10 heteroatoms. The lowest BCUT2D eigenvalue weighted by Gasteiger charge is -2.14. The van der Waals surface area contributed by atoms with Gasteiger partial charge in [0.15, 0.2) is 11.5 Å². The lowest BCUT2D eigenvalue weighted by Crippen LogP contribution is -2.01. The Bertz CT molecular complexity index is 1100. The van der Waals surface area contributed by atoms with Crippen LogP contribution in [0.25, 0.3) is 6.08 Å². The Balaban J connectivity index is 1.87. The highest BCUT2D eigenvalue weighted by molar-refractivity contribution is 9.10. The average Bonchev–Trinajstić information content (AvgIpc) is 3.12. The zero-order valence-corrected chi connectivity index (χ0v) is 18.3. The van der Waals surface area contributed by atoms with Crippen LogP contribution in [0.2, 0.25) is 0 Å². The Morgan fingerprint density at radius 3 is 2.73 bits per heavy atom. The summed E-state index contributed by atoms with van der Waals surface area (Å²) in [5.41, 5.74) is 0.938. The van der Waals surface area contributed by atoms with Gasteiger partial charge in [-0.15, -0.1) is 10.2 Å². The van der Waals surface area contributed by atoms with Crippen molar-refractivity contribution in [2.75, 3.05) is 7.11 Å². The quantitative estimate of drug-likeness (QED) is 0.342. The van der Waals surface area contributed by atoms with Crippen LogP contribution in [0, 0.1) is 12.7 Å². The smallest absolute Gasteiger partial charge is 0.342 e. The normalized spacial score (nSPS) is 11.4. The molecule has 30 heavy (non-hydrogen) atoms. The molecule has 0 amide bonds. The van der Waals surface area contributed by atoms with Gasteiger partial charge in [0.25, 0.3) is 5.22 Å². The van der Waals surface area contributed by atoms with Gasteiger partial charge in [0.05, 0.1) is 11.6 Å². The molecule has 0 radical (unpaired) electrons. The van der Waals surface area contributed by atoms with E-state index in [1.165, 1.54) is 19.3 Å². The molecular weight excluding hydrogens is 479 g/mol. The fourth-order valence-electron chi connectivity index (χ4n) is 2.43. The Morgan fingerprint density at radius 2 is 2.10 bits per heavy atom. The molecule has 0 saturated heterocycles. The number of carboxylic acids is 1. The largest absolute Gasteiger partial charge is 0.493 e. The third kappa shape index (κ3) is 5.39. The third-order valence-corrected chi connectivity index (χ3v) is 5.24. The van der Waals surface area contributed by atoms with Crippen molar-refractivity contribution >= 4 is 39.7 Å². The fourth-order valence-corrected chi connectivity index (χ4v) is 3.72. The van der Waals surface area contributed by atoms with E-state index >= 15 is 0 Å². The second-order valence-corrected chi connectivity index (χ2v) is 7.76. The van der Waals surface area contributed by atoms with E-state index in [1.807, 2.05) is 0 Å². The first-order chi connectivity index (χ1) is 14.4. The molecule has 3 aromatic rings. The molecule has 0 fully saturated rings. The molecule has 3 rings (SSSR count). The topological polar surface area (TPSA) is 94.7 Å². The van der Waals surface area contributed by atoms with E-state index in [-0.39, 0.29) is 22.6 Å². The Kier molecular flexibility index (Phi) is 7.11. The highest BCUT2D eigenvalue weighted by Crippen LogP contribution is 2.38. The van der Waals surface area contributed by atoms with Crippen molar-refractivity contribution in [1.29, 1.82) is 0 Å². The number of rotatable bonds is 8. The van der Waals surface area contributed by atoms with Crippen molar-refractivity contribution in [3.63, 3.8) is 0 Å². The standard InChI is InChI=1S/C20H16BrFN2O5S/c1-11-23-24-20(29-11)30-17(19(25)26)9-12-7-14(21)18(16(8-12)27-2)28-10-13-5-3-4-6-15(13)22/h3-9H,10H2,1-2H3,(H,25,26)/b17-9-. The molecule has 7 nitrogen and oxygen atoms in total. The van der Waals surface area contributed by atoms with E-state index in [2.05, 4.69) is 26.1 Å². The van der Waals surface area contributed by atoms with Crippen molar-refractivity contribution in [1.82, 2.24) is 10.2 Å². The van der Waals surface area contributed by atoms with Crippen LogP contribution < -0.4 is 9.47 Å². The van der Waals surface area contributed by atoms with Crippen LogP contribution in [0.5, 0.6) is 11.5 Å². The molecule has 0 aliphatic rings. The molecule has 0 bridgehead atoms. The number of halogens is 2. The van der Waals surface area contributed by atoms with Gasteiger partial charge in [-0.2, -0.15) is 0 Å². The van der Waals surface area contributed by atoms with Crippen molar-refractivity contribution in [2.45, 2.75) is 18.8 Å². The number of ether oxygens (including phenoxy) is 2. The minimum atomic E-state index is -1.15. The van der Waals surface area contributed by atoms with Gasteiger partial charge in [0.2, 0.25) is 5.89 Å². The zero-order valence-electron chi connectivity index (χ0n) is 15.9. The first-order valence-electron chi connectivity index (χ1n) is 8.54. The SMILES string of the molecule is COc1cc(/C=C(\Sc2nnc(C)o2)C(=O)O)cc(Br)c1OCc1ccccc1F. The predicted molar refractivity (Wildman–Crippen MR) is 112 cm³/mol. The summed E-state index contributed by atoms with van der Waals surface area (Å²) >= 11 is 4.24. The number of benzene rings is 2. The molecule has 0 spiro atoms. The number of hydrogen-bond acceptors (Lipinski definition) is 7. The number of carbonyl (C=O) groups is 1. The van der Waals surface area contributed by atoms with E-state index < -0.39 is 5.97 Å². The Labute approximate surface area is 184 Å². The van der Waals surface area contributed by atoms with Crippen LogP contribution in [-0.4, -0.2) is 28.4 Å². The minimum absolute atomic E-state index is 0.00353. The minimum Gasteiger partial charge on any atom is -0.493 e. The molecule has 2 aromatic carbocycles. The number of aromatic nitrogens is 2. The average molecular weight is 495 g/mol. The van der Waals surface area contributed by atoms with E-state index in [0.717, 1.165) is 11.8 Å². The number of nitrogens with zero attached hydrogens (tertiary/aromatic N) is 2. The maximum atomic E-state index is 13.8. The molecule has 0 saturated carbocycles. The van der Waals surface area contributed by atoms with Gasteiger partial charge in [-0.3, -0.25) is 0 Å². The molecule has 0 aliphatic carbocycles. The summed E-state index contributed by atoms with van der Waals surface area (Å²) in [6.45, 7) is 1.62. The van der Waals surface area contributed by atoms with Crippen molar-refractivity contribution in [2.24, 2.45) is 0 Å². The number of carboxylic acid groups (broad SMARTS) is 1. The monoisotopic (exact) mass is 494 g/mol. The number of aliphatic carboxylic acids is 1. The molecule has 0 aliphatic heterocycles. The van der Waals surface area contributed by atoms with Crippen molar-refractivity contribution in [3.05, 3.63) is 68.6 Å². The summed E-state index contributed by atoms with van der Waals surface area (Å²) in [5, 5.41) is 17.1. The molecule has 1 N–H and O–H groups in total. The van der Waals surface area contributed by atoms with Gasteiger partial charge in [-0.05, 0) is 57.5 Å². The van der Waals surface area contributed by atoms with Gasteiger partial charge in [-0.25, -0.2) is 9.18 Å². The Hall–Kier alpha value is -2.85. The fraction of sp³-hybridized carbons (Fsp3) is 0.150. The number of thioether (sulfide) groups is 1. The third-order valence-electron chi connectivity index (χ3n) is 3.79. The predicted octanol–water partition coefficient (Wildman–Crippen LogP) is 5.09. The lowest BCUT2D eigenvalue weighted by atomic mass is 10.2.